The van der Waals surface area contributed by atoms with E-state index in [0.29, 0.717) is 10.7 Å². The van der Waals surface area contributed by atoms with Crippen LogP contribution in [-0.4, -0.2) is 14.8 Å². The van der Waals surface area contributed by atoms with Gasteiger partial charge in [0.1, 0.15) is 5.69 Å². The van der Waals surface area contributed by atoms with Crippen LogP contribution in [0.3, 0.4) is 0 Å². The highest BCUT2D eigenvalue weighted by Crippen LogP contribution is 2.38. The second-order valence-electron chi connectivity index (χ2n) is 6.16. The molecule has 0 fully saturated rings. The molecule has 27 heavy (non-hydrogen) atoms. The first-order valence-electron chi connectivity index (χ1n) is 8.03. The highest BCUT2D eigenvalue weighted by atomic mass is 35.5. The van der Waals surface area contributed by atoms with Crippen LogP contribution in [-0.2, 0) is 6.18 Å². The summed E-state index contributed by atoms with van der Waals surface area (Å²) in [5.41, 5.74) is 0.982. The van der Waals surface area contributed by atoms with E-state index in [4.69, 9.17) is 16.0 Å². The summed E-state index contributed by atoms with van der Waals surface area (Å²) in [6.45, 7) is 3.37. The van der Waals surface area contributed by atoms with Crippen molar-refractivity contribution in [3.8, 4) is 17.1 Å². The first kappa shape index (κ1) is 17.6. The van der Waals surface area contributed by atoms with E-state index in [0.717, 1.165) is 11.6 Å². The summed E-state index contributed by atoms with van der Waals surface area (Å²) in [6.07, 6.45) is -3.18. The van der Waals surface area contributed by atoms with Gasteiger partial charge in [-0.25, -0.2) is 9.67 Å². The van der Waals surface area contributed by atoms with Crippen LogP contribution in [0.25, 0.3) is 28.2 Å². The van der Waals surface area contributed by atoms with Crippen LogP contribution >= 0.6 is 11.6 Å². The first-order valence-corrected chi connectivity index (χ1v) is 8.41. The van der Waals surface area contributed by atoms with Crippen molar-refractivity contribution in [2.75, 3.05) is 0 Å². The average molecular weight is 392 g/mol. The summed E-state index contributed by atoms with van der Waals surface area (Å²) < 4.78 is 47.8. The van der Waals surface area contributed by atoms with Crippen molar-refractivity contribution < 1.29 is 17.6 Å². The Morgan fingerprint density at radius 3 is 2.52 bits per heavy atom. The Morgan fingerprint density at radius 1 is 1.11 bits per heavy atom. The van der Waals surface area contributed by atoms with Crippen molar-refractivity contribution in [2.45, 2.75) is 20.0 Å². The minimum Gasteiger partial charge on any atom is -0.463 e. The molecule has 0 N–H and O–H groups in total. The van der Waals surface area contributed by atoms with Crippen molar-refractivity contribution in [2.24, 2.45) is 0 Å². The molecule has 4 nitrogen and oxygen atoms in total. The molecule has 0 bridgehead atoms. The molecule has 138 valence electrons. The lowest BCUT2D eigenvalue weighted by Gasteiger charge is -2.11. The van der Waals surface area contributed by atoms with Gasteiger partial charge in [-0.15, -0.1) is 0 Å². The maximum Gasteiger partial charge on any atom is 0.417 e. The normalized spacial score (nSPS) is 12.1. The zero-order chi connectivity index (χ0) is 19.3. The van der Waals surface area contributed by atoms with Gasteiger partial charge in [0.25, 0.3) is 0 Å². The number of benzene rings is 1. The van der Waals surface area contributed by atoms with Crippen LogP contribution in [0.4, 0.5) is 13.2 Å². The number of halogens is 4. The lowest BCUT2D eigenvalue weighted by atomic mass is 10.1. The van der Waals surface area contributed by atoms with Crippen LogP contribution in [0.15, 0.2) is 47.1 Å². The maximum atomic E-state index is 13.7. The number of furan rings is 1. The summed E-state index contributed by atoms with van der Waals surface area (Å²) in [5.74, 6) is 0.245. The lowest BCUT2D eigenvalue weighted by Crippen LogP contribution is -2.08. The van der Waals surface area contributed by atoms with Gasteiger partial charge in [-0.05, 0) is 49.7 Å². The molecule has 0 amide bonds. The number of hydrogen-bond donors (Lipinski definition) is 0. The van der Waals surface area contributed by atoms with E-state index in [1.807, 2.05) is 6.92 Å². The lowest BCUT2D eigenvalue weighted by molar-refractivity contribution is -0.136. The highest BCUT2D eigenvalue weighted by Gasteiger charge is 2.36. The zero-order valence-electron chi connectivity index (χ0n) is 14.3. The second kappa shape index (κ2) is 6.13. The number of aryl methyl sites for hydroxylation is 2. The molecule has 0 radical (unpaired) electrons. The van der Waals surface area contributed by atoms with E-state index in [2.05, 4.69) is 10.1 Å². The summed E-state index contributed by atoms with van der Waals surface area (Å²) in [4.78, 5) is 4.40. The summed E-state index contributed by atoms with van der Waals surface area (Å²) in [5, 5.41) is 4.74. The molecule has 3 aromatic heterocycles. The second-order valence-corrected chi connectivity index (χ2v) is 6.57. The van der Waals surface area contributed by atoms with Crippen molar-refractivity contribution in [1.29, 1.82) is 0 Å². The van der Waals surface area contributed by atoms with Crippen molar-refractivity contribution in [3.63, 3.8) is 0 Å². The van der Waals surface area contributed by atoms with E-state index in [1.54, 1.807) is 30.3 Å². The highest BCUT2D eigenvalue weighted by molar-refractivity contribution is 6.31. The first-order chi connectivity index (χ1) is 12.8. The van der Waals surface area contributed by atoms with Gasteiger partial charge in [-0.2, -0.15) is 18.3 Å². The molecule has 4 rings (SSSR count). The molecule has 0 aliphatic rings. The van der Waals surface area contributed by atoms with Gasteiger partial charge in [-0.3, -0.25) is 0 Å². The molecular formula is C19H13ClF3N3O. The number of pyridine rings is 1. The van der Waals surface area contributed by atoms with Gasteiger partial charge in [0, 0.05) is 5.02 Å². The van der Waals surface area contributed by atoms with Crippen LogP contribution in [0.5, 0.6) is 0 Å². The van der Waals surface area contributed by atoms with Gasteiger partial charge >= 0.3 is 6.18 Å². The number of aromatic nitrogens is 3. The molecule has 0 saturated carbocycles. The van der Waals surface area contributed by atoms with E-state index < -0.39 is 11.7 Å². The number of rotatable bonds is 2. The number of fused-ring (bicyclic) bond motifs is 1. The maximum absolute atomic E-state index is 13.7. The fraction of sp³-hybridized carbons (Fsp3) is 0.158. The van der Waals surface area contributed by atoms with Gasteiger partial charge in [0.2, 0.25) is 0 Å². The topological polar surface area (TPSA) is 43.9 Å². The monoisotopic (exact) mass is 391 g/mol. The third-order valence-corrected chi connectivity index (χ3v) is 4.70. The fourth-order valence-electron chi connectivity index (χ4n) is 2.96. The van der Waals surface area contributed by atoms with Gasteiger partial charge in [-0.1, -0.05) is 17.7 Å². The summed E-state index contributed by atoms with van der Waals surface area (Å²) >= 11 is 6.18. The van der Waals surface area contributed by atoms with Crippen LogP contribution in [0.1, 0.15) is 16.8 Å². The number of alkyl halides is 3. The molecule has 1 aromatic carbocycles. The van der Waals surface area contributed by atoms with Crippen molar-refractivity contribution in [1.82, 2.24) is 14.8 Å². The van der Waals surface area contributed by atoms with E-state index in [1.165, 1.54) is 17.9 Å². The third-order valence-electron chi connectivity index (χ3n) is 4.29. The largest absolute Gasteiger partial charge is 0.463 e. The molecule has 8 heteroatoms. The molecule has 0 atom stereocenters. The van der Waals surface area contributed by atoms with Crippen LogP contribution < -0.4 is 0 Å². The Balaban J connectivity index is 2.07. The number of nitrogens with zero attached hydrogens (tertiary/aromatic N) is 3. The average Bonchev–Trinajstić information content (AvgIpc) is 3.24. The molecule has 0 aliphatic carbocycles. The van der Waals surface area contributed by atoms with Gasteiger partial charge in [0.15, 0.2) is 11.4 Å². The van der Waals surface area contributed by atoms with Crippen LogP contribution in [0, 0.1) is 13.8 Å². The Morgan fingerprint density at radius 2 is 1.89 bits per heavy atom. The molecule has 0 spiro atoms. The molecule has 3 heterocycles. The van der Waals surface area contributed by atoms with E-state index in [9.17, 15) is 13.2 Å². The summed E-state index contributed by atoms with van der Waals surface area (Å²) in [7, 11) is 0. The zero-order valence-corrected chi connectivity index (χ0v) is 15.1. The van der Waals surface area contributed by atoms with E-state index in [-0.39, 0.29) is 28.2 Å². The quantitative estimate of drug-likeness (QED) is 0.423. The van der Waals surface area contributed by atoms with Crippen LogP contribution in [0.2, 0.25) is 5.02 Å². The predicted molar refractivity (Wildman–Crippen MR) is 96.1 cm³/mol. The Labute approximate surface area is 157 Å². The van der Waals surface area contributed by atoms with Crippen molar-refractivity contribution in [3.05, 3.63) is 64.5 Å². The van der Waals surface area contributed by atoms with Gasteiger partial charge in [0.05, 0.1) is 28.6 Å². The van der Waals surface area contributed by atoms with Crippen molar-refractivity contribution >= 4 is 22.6 Å². The SMILES string of the molecule is Cc1ccc(-n2nc(C)c3c(C(F)(F)F)cc(-c4ccco4)nc32)cc1Cl. The smallest absolute Gasteiger partial charge is 0.417 e. The summed E-state index contributed by atoms with van der Waals surface area (Å²) in [6, 6.07) is 9.31. The Kier molecular flexibility index (Phi) is 3.99. The molecule has 0 aliphatic heterocycles. The predicted octanol–water partition coefficient (Wildman–Crippen LogP) is 5.97. The molecule has 0 saturated heterocycles. The standard InChI is InChI=1S/C19H13ClF3N3O/c1-10-5-6-12(8-14(10)20)26-18-17(11(2)25-26)13(19(21,22)23)9-15(24-18)16-4-3-7-27-16/h3-9H,1-2H3. The molecule has 0 unspecified atom stereocenters. The number of hydrogen-bond acceptors (Lipinski definition) is 3. The Hall–Kier alpha value is -2.80. The van der Waals surface area contributed by atoms with E-state index >= 15 is 0 Å². The third kappa shape index (κ3) is 2.98. The minimum absolute atomic E-state index is 0.0468. The minimum atomic E-state index is -4.56. The molecule has 4 aromatic rings. The van der Waals surface area contributed by atoms with Gasteiger partial charge < -0.3 is 4.42 Å². The molecular weight excluding hydrogens is 379 g/mol. The fourth-order valence-corrected chi connectivity index (χ4v) is 3.13. The Bertz CT molecular complexity index is 1150.